The molecule has 2 fully saturated rings. The molecular weight excluding hydrogens is 198 g/mol. The van der Waals surface area contributed by atoms with E-state index in [1.54, 1.807) is 0 Å². The summed E-state index contributed by atoms with van der Waals surface area (Å²) < 4.78 is 0. The Bertz CT molecular complexity index is 378. The van der Waals surface area contributed by atoms with Gasteiger partial charge >= 0.3 is 0 Å². The molecule has 16 heavy (non-hydrogen) atoms. The minimum absolute atomic E-state index is 0.0981. The van der Waals surface area contributed by atoms with Gasteiger partial charge in [0.25, 0.3) is 0 Å². The lowest BCUT2D eigenvalue weighted by atomic mass is 9.88. The van der Waals surface area contributed by atoms with Crippen LogP contribution >= 0.6 is 0 Å². The Morgan fingerprint density at radius 2 is 2.12 bits per heavy atom. The molecule has 0 bridgehead atoms. The summed E-state index contributed by atoms with van der Waals surface area (Å²) in [6.45, 7) is 1.43. The highest BCUT2D eigenvalue weighted by atomic mass is 16.3. The van der Waals surface area contributed by atoms with E-state index in [0.717, 1.165) is 19.4 Å². The summed E-state index contributed by atoms with van der Waals surface area (Å²) in [6, 6.07) is 9.17. The number of aliphatic hydroxyl groups excluding tert-OH is 1. The normalized spacial score (nSPS) is 26.9. The van der Waals surface area contributed by atoms with Gasteiger partial charge in [-0.25, -0.2) is 0 Å². The first kappa shape index (κ1) is 10.3. The molecule has 0 radical (unpaired) electrons. The predicted octanol–water partition coefficient (Wildman–Crippen LogP) is 2.13. The molecule has 0 aromatic heterocycles. The molecule has 1 saturated carbocycles. The number of nitrogens with one attached hydrogen (secondary N) is 1. The smallest absolute Gasteiger partial charge is 0.0528 e. The molecule has 1 unspecified atom stereocenters. The van der Waals surface area contributed by atoms with E-state index in [-0.39, 0.29) is 5.41 Å². The molecule has 1 heterocycles. The lowest BCUT2D eigenvalue weighted by Gasteiger charge is -2.21. The van der Waals surface area contributed by atoms with Gasteiger partial charge in [0.15, 0.2) is 0 Å². The Kier molecular flexibility index (Phi) is 2.49. The Morgan fingerprint density at radius 3 is 2.75 bits per heavy atom. The standard InChI is InChI=1S/C14H19NO/c16-10-14(7-8-14)12-5-2-1-4-11(12)13-6-3-9-15-13/h1-2,4-5,13,15-16H,3,6-10H2. The number of benzene rings is 1. The summed E-state index contributed by atoms with van der Waals surface area (Å²) >= 11 is 0. The number of rotatable bonds is 3. The third kappa shape index (κ3) is 1.57. The van der Waals surface area contributed by atoms with Gasteiger partial charge < -0.3 is 10.4 Å². The summed E-state index contributed by atoms with van der Waals surface area (Å²) in [5.74, 6) is 0. The fourth-order valence-corrected chi connectivity index (χ4v) is 2.90. The topological polar surface area (TPSA) is 32.3 Å². The minimum Gasteiger partial charge on any atom is -0.395 e. The second-order valence-corrected chi connectivity index (χ2v) is 5.17. The average molecular weight is 217 g/mol. The number of aliphatic hydroxyl groups is 1. The van der Waals surface area contributed by atoms with Crippen molar-refractivity contribution in [2.75, 3.05) is 13.2 Å². The Balaban J connectivity index is 1.97. The zero-order valence-corrected chi connectivity index (χ0v) is 9.58. The van der Waals surface area contributed by atoms with Crippen molar-refractivity contribution in [1.82, 2.24) is 5.32 Å². The molecule has 1 saturated heterocycles. The van der Waals surface area contributed by atoms with Crippen LogP contribution in [0, 0.1) is 0 Å². The van der Waals surface area contributed by atoms with Crippen molar-refractivity contribution in [2.45, 2.75) is 37.1 Å². The van der Waals surface area contributed by atoms with E-state index in [4.69, 9.17) is 0 Å². The van der Waals surface area contributed by atoms with Crippen molar-refractivity contribution in [3.8, 4) is 0 Å². The Hall–Kier alpha value is -0.860. The van der Waals surface area contributed by atoms with Crippen LogP contribution in [0.15, 0.2) is 24.3 Å². The van der Waals surface area contributed by atoms with Crippen LogP contribution in [0.5, 0.6) is 0 Å². The van der Waals surface area contributed by atoms with Crippen LogP contribution < -0.4 is 5.32 Å². The van der Waals surface area contributed by atoms with Gasteiger partial charge in [0, 0.05) is 11.5 Å². The average Bonchev–Trinajstić information content (AvgIpc) is 2.95. The van der Waals surface area contributed by atoms with Crippen LogP contribution in [0.3, 0.4) is 0 Å². The van der Waals surface area contributed by atoms with E-state index in [1.165, 1.54) is 24.0 Å². The Labute approximate surface area is 96.7 Å². The van der Waals surface area contributed by atoms with Gasteiger partial charge in [-0.2, -0.15) is 0 Å². The van der Waals surface area contributed by atoms with Gasteiger partial charge in [-0.15, -0.1) is 0 Å². The van der Waals surface area contributed by atoms with E-state index < -0.39 is 0 Å². The highest BCUT2D eigenvalue weighted by Crippen LogP contribution is 2.50. The quantitative estimate of drug-likeness (QED) is 0.813. The molecular formula is C14H19NO. The van der Waals surface area contributed by atoms with Gasteiger partial charge in [0.2, 0.25) is 0 Å². The zero-order chi connectivity index (χ0) is 11.0. The zero-order valence-electron chi connectivity index (χ0n) is 9.58. The van der Waals surface area contributed by atoms with Crippen molar-refractivity contribution < 1.29 is 5.11 Å². The Morgan fingerprint density at radius 1 is 1.31 bits per heavy atom. The fourth-order valence-electron chi connectivity index (χ4n) is 2.90. The van der Waals surface area contributed by atoms with E-state index in [1.807, 2.05) is 0 Å². The van der Waals surface area contributed by atoms with Crippen molar-refractivity contribution in [1.29, 1.82) is 0 Å². The van der Waals surface area contributed by atoms with Gasteiger partial charge in [0.1, 0.15) is 0 Å². The fraction of sp³-hybridized carbons (Fsp3) is 0.571. The number of hydrogen-bond acceptors (Lipinski definition) is 2. The molecule has 3 rings (SSSR count). The lowest BCUT2D eigenvalue weighted by Crippen LogP contribution is -2.20. The third-order valence-corrected chi connectivity index (χ3v) is 4.12. The van der Waals surface area contributed by atoms with Gasteiger partial charge in [-0.05, 0) is 43.4 Å². The molecule has 2 nitrogen and oxygen atoms in total. The molecule has 1 aliphatic heterocycles. The van der Waals surface area contributed by atoms with Crippen molar-refractivity contribution in [2.24, 2.45) is 0 Å². The van der Waals surface area contributed by atoms with Gasteiger partial charge in [0.05, 0.1) is 6.61 Å². The van der Waals surface area contributed by atoms with Crippen LogP contribution in [-0.4, -0.2) is 18.3 Å². The monoisotopic (exact) mass is 217 g/mol. The summed E-state index contributed by atoms with van der Waals surface area (Å²) in [6.07, 6.45) is 4.80. The predicted molar refractivity (Wildman–Crippen MR) is 64.4 cm³/mol. The molecule has 0 spiro atoms. The molecule has 1 aromatic rings. The van der Waals surface area contributed by atoms with Crippen LogP contribution in [0.4, 0.5) is 0 Å². The van der Waals surface area contributed by atoms with Crippen molar-refractivity contribution >= 4 is 0 Å². The molecule has 2 aliphatic rings. The van der Waals surface area contributed by atoms with Crippen molar-refractivity contribution in [3.63, 3.8) is 0 Å². The second-order valence-electron chi connectivity index (χ2n) is 5.17. The summed E-state index contributed by atoms with van der Waals surface area (Å²) in [5.41, 5.74) is 2.91. The summed E-state index contributed by atoms with van der Waals surface area (Å²) in [7, 11) is 0. The third-order valence-electron chi connectivity index (χ3n) is 4.12. The largest absolute Gasteiger partial charge is 0.395 e. The van der Waals surface area contributed by atoms with Crippen LogP contribution in [-0.2, 0) is 5.41 Å². The maximum atomic E-state index is 9.56. The molecule has 2 N–H and O–H groups in total. The maximum absolute atomic E-state index is 9.56. The van der Waals surface area contributed by atoms with E-state index in [9.17, 15) is 5.11 Å². The molecule has 0 amide bonds. The first-order valence-electron chi connectivity index (χ1n) is 6.29. The van der Waals surface area contributed by atoms with Gasteiger partial charge in [-0.1, -0.05) is 24.3 Å². The number of hydrogen-bond donors (Lipinski definition) is 2. The van der Waals surface area contributed by atoms with Crippen molar-refractivity contribution in [3.05, 3.63) is 35.4 Å². The molecule has 86 valence electrons. The maximum Gasteiger partial charge on any atom is 0.0528 e. The van der Waals surface area contributed by atoms with Crippen LogP contribution in [0.1, 0.15) is 42.9 Å². The SMILES string of the molecule is OCC1(c2ccccc2C2CCCN2)CC1. The van der Waals surface area contributed by atoms with E-state index in [0.29, 0.717) is 12.6 Å². The van der Waals surface area contributed by atoms with Gasteiger partial charge in [-0.3, -0.25) is 0 Å². The van der Waals surface area contributed by atoms with Crippen LogP contribution in [0.25, 0.3) is 0 Å². The first-order valence-corrected chi connectivity index (χ1v) is 6.29. The summed E-state index contributed by atoms with van der Waals surface area (Å²) in [4.78, 5) is 0. The molecule has 1 aliphatic carbocycles. The van der Waals surface area contributed by atoms with Crippen LogP contribution in [0.2, 0.25) is 0 Å². The lowest BCUT2D eigenvalue weighted by molar-refractivity contribution is 0.254. The second kappa shape index (κ2) is 3.86. The summed E-state index contributed by atoms with van der Waals surface area (Å²) in [5, 5.41) is 13.1. The highest BCUT2D eigenvalue weighted by molar-refractivity contribution is 5.40. The molecule has 2 heteroatoms. The van der Waals surface area contributed by atoms with E-state index >= 15 is 0 Å². The molecule has 1 atom stereocenters. The first-order chi connectivity index (χ1) is 7.86. The molecule has 1 aromatic carbocycles. The highest BCUT2D eigenvalue weighted by Gasteiger charge is 2.45. The minimum atomic E-state index is 0.0981. The van der Waals surface area contributed by atoms with E-state index in [2.05, 4.69) is 29.6 Å².